The molecule has 4 nitrogen and oxygen atoms in total. The summed E-state index contributed by atoms with van der Waals surface area (Å²) in [6, 6.07) is 0. The maximum atomic E-state index is 5.38. The average molecular weight is 186 g/mol. The highest BCUT2D eigenvalue weighted by atomic mass is 16.5. The van der Waals surface area contributed by atoms with Crippen LogP contribution in [0.25, 0.3) is 0 Å². The lowest BCUT2D eigenvalue weighted by atomic mass is 10.3. The second kappa shape index (κ2) is 3.96. The zero-order valence-electron chi connectivity index (χ0n) is 9.24. The molecule has 1 aliphatic heterocycles. The molecule has 1 unspecified atom stereocenters. The Bertz CT molecular complexity index is 213. The van der Waals surface area contributed by atoms with Crippen molar-refractivity contribution < 1.29 is 9.31 Å². The van der Waals surface area contributed by atoms with Gasteiger partial charge in [-0.3, -0.25) is 9.80 Å². The molecule has 0 N–H and O–H groups in total. The summed E-state index contributed by atoms with van der Waals surface area (Å²) in [5.41, 5.74) is 0. The van der Waals surface area contributed by atoms with Crippen molar-refractivity contribution in [1.82, 2.24) is 9.80 Å². The number of guanidine groups is 1. The number of rotatable bonds is 1. The lowest BCUT2D eigenvalue weighted by Crippen LogP contribution is -2.52. The van der Waals surface area contributed by atoms with E-state index in [0.717, 1.165) is 13.0 Å². The fourth-order valence-electron chi connectivity index (χ4n) is 1.93. The van der Waals surface area contributed by atoms with Gasteiger partial charge in [-0.05, 0) is 0 Å². The fraction of sp³-hybridized carbons (Fsp3) is 0.889. The summed E-state index contributed by atoms with van der Waals surface area (Å²) in [6.07, 6.45) is 1.27. The van der Waals surface area contributed by atoms with Crippen molar-refractivity contribution in [2.75, 3.05) is 41.8 Å². The zero-order valence-corrected chi connectivity index (χ0v) is 9.24. The second-order valence-corrected chi connectivity index (χ2v) is 3.71. The van der Waals surface area contributed by atoms with Crippen molar-refractivity contribution in [3.8, 4) is 0 Å². The van der Waals surface area contributed by atoms with Crippen molar-refractivity contribution in [3.63, 3.8) is 0 Å². The molecule has 0 aliphatic carbocycles. The molecule has 4 heteroatoms. The van der Waals surface area contributed by atoms with E-state index in [1.807, 2.05) is 0 Å². The van der Waals surface area contributed by atoms with Gasteiger partial charge in [0.2, 0.25) is 0 Å². The molecular formula is C9H20N3O+. The Morgan fingerprint density at radius 2 is 2.15 bits per heavy atom. The van der Waals surface area contributed by atoms with Crippen LogP contribution in [0.5, 0.6) is 0 Å². The van der Waals surface area contributed by atoms with Crippen molar-refractivity contribution >= 4 is 5.96 Å². The molecule has 76 valence electrons. The molecule has 1 rings (SSSR count). The van der Waals surface area contributed by atoms with Gasteiger partial charge in [0.25, 0.3) is 0 Å². The first-order valence-corrected chi connectivity index (χ1v) is 4.59. The monoisotopic (exact) mass is 186 g/mol. The lowest BCUT2D eigenvalue weighted by Gasteiger charge is -2.30. The van der Waals surface area contributed by atoms with Crippen LogP contribution in [0, 0.1) is 0 Å². The summed E-state index contributed by atoms with van der Waals surface area (Å²) in [5, 5.41) is 0. The van der Waals surface area contributed by atoms with Crippen molar-refractivity contribution in [3.05, 3.63) is 0 Å². The highest BCUT2D eigenvalue weighted by Gasteiger charge is 2.29. The number of nitrogens with zero attached hydrogens (tertiary/aromatic N) is 3. The second-order valence-electron chi connectivity index (χ2n) is 3.71. The maximum Gasteiger partial charge on any atom is 0.351 e. The van der Waals surface area contributed by atoms with E-state index >= 15 is 0 Å². The SMILES string of the molecule is COC1CCN(C)C(N(C)C)=[N+]1C. The third kappa shape index (κ3) is 1.94. The van der Waals surface area contributed by atoms with Gasteiger partial charge >= 0.3 is 5.96 Å². The van der Waals surface area contributed by atoms with E-state index in [1.165, 1.54) is 5.96 Å². The first-order valence-electron chi connectivity index (χ1n) is 4.59. The Kier molecular flexibility index (Phi) is 3.14. The maximum absolute atomic E-state index is 5.38. The largest absolute Gasteiger partial charge is 0.351 e. The van der Waals surface area contributed by atoms with E-state index in [1.54, 1.807) is 7.11 Å². The molecular weight excluding hydrogens is 166 g/mol. The molecule has 0 spiro atoms. The first kappa shape index (κ1) is 10.3. The molecule has 1 aliphatic rings. The molecule has 0 radical (unpaired) electrons. The van der Waals surface area contributed by atoms with Crippen LogP contribution in [0.1, 0.15) is 6.42 Å². The van der Waals surface area contributed by atoms with Crippen molar-refractivity contribution in [2.45, 2.75) is 12.6 Å². The Morgan fingerprint density at radius 1 is 1.54 bits per heavy atom. The van der Waals surface area contributed by atoms with E-state index in [0.29, 0.717) is 0 Å². The highest BCUT2D eigenvalue weighted by Crippen LogP contribution is 2.08. The van der Waals surface area contributed by atoms with E-state index in [-0.39, 0.29) is 6.23 Å². The Morgan fingerprint density at radius 3 is 2.62 bits per heavy atom. The van der Waals surface area contributed by atoms with Crippen LogP contribution in [-0.2, 0) is 4.74 Å². The lowest BCUT2D eigenvalue weighted by molar-refractivity contribution is -0.601. The summed E-state index contributed by atoms with van der Waals surface area (Å²) < 4.78 is 7.55. The molecule has 1 atom stereocenters. The van der Waals surface area contributed by atoms with Crippen LogP contribution in [0.4, 0.5) is 0 Å². The Hall–Kier alpha value is -0.770. The predicted molar refractivity (Wildman–Crippen MR) is 52.9 cm³/mol. The van der Waals surface area contributed by atoms with Crippen LogP contribution >= 0.6 is 0 Å². The van der Waals surface area contributed by atoms with Gasteiger partial charge in [0.05, 0.1) is 34.7 Å². The predicted octanol–water partition coefficient (Wildman–Crippen LogP) is -0.146. The molecule has 0 saturated carbocycles. The first-order chi connectivity index (χ1) is 6.07. The Labute approximate surface area is 80.4 Å². The van der Waals surface area contributed by atoms with Gasteiger partial charge in [-0.25, -0.2) is 4.58 Å². The van der Waals surface area contributed by atoms with Gasteiger partial charge in [0.1, 0.15) is 0 Å². The quantitative estimate of drug-likeness (QED) is 0.531. The molecule has 13 heavy (non-hydrogen) atoms. The molecule has 0 aromatic carbocycles. The minimum atomic E-state index is 0.216. The minimum absolute atomic E-state index is 0.216. The van der Waals surface area contributed by atoms with Crippen molar-refractivity contribution in [2.24, 2.45) is 0 Å². The van der Waals surface area contributed by atoms with Gasteiger partial charge in [-0.15, -0.1) is 0 Å². The van der Waals surface area contributed by atoms with Crippen LogP contribution in [0.3, 0.4) is 0 Å². The van der Waals surface area contributed by atoms with Crippen LogP contribution < -0.4 is 0 Å². The third-order valence-electron chi connectivity index (χ3n) is 2.47. The summed E-state index contributed by atoms with van der Waals surface area (Å²) in [4.78, 5) is 4.36. The van der Waals surface area contributed by atoms with E-state index < -0.39 is 0 Å². The Balaban J connectivity index is 2.93. The zero-order chi connectivity index (χ0) is 10.0. The van der Waals surface area contributed by atoms with E-state index in [9.17, 15) is 0 Å². The standard InChI is InChI=1S/C9H20N3O/c1-10(2)9-11(3)7-6-8(13-5)12(9)4/h8H,6-7H2,1-5H3/q+1. The third-order valence-corrected chi connectivity index (χ3v) is 2.47. The van der Waals surface area contributed by atoms with Gasteiger partial charge in [0.15, 0.2) is 6.23 Å². The molecule has 0 fully saturated rings. The normalized spacial score (nSPS) is 23.8. The van der Waals surface area contributed by atoms with Crippen LogP contribution in [0.2, 0.25) is 0 Å². The highest BCUT2D eigenvalue weighted by molar-refractivity contribution is 5.74. The molecule has 0 aromatic heterocycles. The van der Waals surface area contributed by atoms with Gasteiger partial charge in [-0.2, -0.15) is 0 Å². The fourth-order valence-corrected chi connectivity index (χ4v) is 1.93. The van der Waals surface area contributed by atoms with Gasteiger partial charge < -0.3 is 4.74 Å². The summed E-state index contributed by atoms with van der Waals surface area (Å²) in [6.45, 7) is 1.05. The average Bonchev–Trinajstić information content (AvgIpc) is 2.04. The summed E-state index contributed by atoms with van der Waals surface area (Å²) in [7, 11) is 10.1. The smallest absolute Gasteiger partial charge is 0.349 e. The topological polar surface area (TPSA) is 18.7 Å². The molecule has 0 bridgehead atoms. The number of ether oxygens (including phenoxy) is 1. The summed E-state index contributed by atoms with van der Waals surface area (Å²) >= 11 is 0. The minimum Gasteiger partial charge on any atom is -0.349 e. The molecule has 0 saturated heterocycles. The van der Waals surface area contributed by atoms with Gasteiger partial charge in [-0.1, -0.05) is 0 Å². The number of hydrogen-bond acceptors (Lipinski definition) is 3. The van der Waals surface area contributed by atoms with Crippen molar-refractivity contribution in [1.29, 1.82) is 0 Å². The molecule has 0 aromatic rings. The van der Waals surface area contributed by atoms with Crippen LogP contribution in [-0.4, -0.2) is 68.4 Å². The molecule has 0 amide bonds. The summed E-state index contributed by atoms with van der Waals surface area (Å²) in [5.74, 6) is 1.21. The van der Waals surface area contributed by atoms with E-state index in [4.69, 9.17) is 4.74 Å². The van der Waals surface area contributed by atoms with E-state index in [2.05, 4.69) is 42.6 Å². The number of methoxy groups -OCH3 is 1. The van der Waals surface area contributed by atoms with Crippen LogP contribution in [0.15, 0.2) is 0 Å². The number of hydrogen-bond donors (Lipinski definition) is 0. The van der Waals surface area contributed by atoms with Gasteiger partial charge in [0, 0.05) is 13.5 Å². The molecule has 1 heterocycles.